The normalized spacial score (nSPS) is 13.2. The average Bonchev–Trinajstić information content (AvgIpc) is 2.85. The van der Waals surface area contributed by atoms with Crippen molar-refractivity contribution >= 4 is 40.2 Å². The van der Waals surface area contributed by atoms with Gasteiger partial charge in [-0.05, 0) is 33.8 Å². The van der Waals surface area contributed by atoms with Gasteiger partial charge in [-0.25, -0.2) is 9.97 Å². The van der Waals surface area contributed by atoms with Crippen molar-refractivity contribution in [3.8, 4) is 0 Å². The third-order valence-corrected chi connectivity index (χ3v) is 4.34. The first-order chi connectivity index (χ1) is 11.3. The number of aryl methyl sites for hydroxylation is 1. The molecule has 7 heteroatoms. The number of nitrogen functional groups attached to an aromatic ring is 1. The number of para-hydroxylation sites is 1. The summed E-state index contributed by atoms with van der Waals surface area (Å²) in [7, 11) is 0. The molecule has 3 aromatic rings. The lowest BCUT2D eigenvalue weighted by molar-refractivity contribution is -0.0188. The second-order valence-corrected chi connectivity index (χ2v) is 6.57. The van der Waals surface area contributed by atoms with E-state index in [1.165, 1.54) is 0 Å². The van der Waals surface area contributed by atoms with Gasteiger partial charge in [-0.1, -0.05) is 18.2 Å². The van der Waals surface area contributed by atoms with E-state index in [0.717, 1.165) is 22.2 Å². The molecule has 1 atom stereocenters. The maximum atomic E-state index is 10.7. The van der Waals surface area contributed by atoms with Crippen LogP contribution in [0.2, 0.25) is 0 Å². The van der Waals surface area contributed by atoms with Crippen molar-refractivity contribution in [3.63, 3.8) is 0 Å². The van der Waals surface area contributed by atoms with Crippen LogP contribution in [0.1, 0.15) is 32.6 Å². The molecule has 2 aromatic heterocycles. The molecule has 1 aromatic carbocycles. The van der Waals surface area contributed by atoms with E-state index in [0.29, 0.717) is 24.5 Å². The molecule has 0 bridgehead atoms. The zero-order valence-electron chi connectivity index (χ0n) is 15.0. The number of halogens is 1. The molecule has 0 saturated carbocycles. The first-order valence-electron chi connectivity index (χ1n) is 8.17. The third-order valence-electron chi connectivity index (χ3n) is 4.34. The summed E-state index contributed by atoms with van der Waals surface area (Å²) < 4.78 is 7.67. The minimum atomic E-state index is -0.979. The van der Waals surface area contributed by atoms with Gasteiger partial charge in [0.15, 0.2) is 5.82 Å². The number of nitrogens with zero attached hydrogens (tertiary/aromatic N) is 3. The third kappa shape index (κ3) is 3.42. The van der Waals surface area contributed by atoms with Gasteiger partial charge in [-0.15, -0.1) is 12.4 Å². The van der Waals surface area contributed by atoms with Gasteiger partial charge in [0.05, 0.1) is 29.3 Å². The van der Waals surface area contributed by atoms with E-state index in [9.17, 15) is 5.11 Å². The van der Waals surface area contributed by atoms with Crippen molar-refractivity contribution < 1.29 is 9.84 Å². The summed E-state index contributed by atoms with van der Waals surface area (Å²) in [4.78, 5) is 9.06. The van der Waals surface area contributed by atoms with Crippen molar-refractivity contribution in [2.45, 2.75) is 39.3 Å². The maximum Gasteiger partial charge on any atom is 0.152 e. The monoisotopic (exact) mass is 364 g/mol. The Hall–Kier alpha value is -1.89. The van der Waals surface area contributed by atoms with Gasteiger partial charge in [0.2, 0.25) is 0 Å². The Morgan fingerprint density at radius 3 is 2.60 bits per heavy atom. The molecule has 25 heavy (non-hydrogen) atoms. The number of benzene rings is 1. The number of ether oxygens (including phenoxy) is 1. The minimum absolute atomic E-state index is 0. The number of aliphatic hydroxyl groups is 1. The largest absolute Gasteiger partial charge is 0.388 e. The Morgan fingerprint density at radius 1 is 1.28 bits per heavy atom. The molecule has 0 spiro atoms. The highest BCUT2D eigenvalue weighted by Crippen LogP contribution is 2.34. The van der Waals surface area contributed by atoms with Crippen molar-refractivity contribution in [3.05, 3.63) is 30.1 Å². The van der Waals surface area contributed by atoms with E-state index in [-0.39, 0.29) is 18.4 Å². The standard InChI is InChI=1S/C18H24N4O2.ClH/c1-5-24-10-14(18(3,4)23)22-11(2)20-15-16(22)12-8-6-7-9-13(12)21-17(15)19;/h6-9,14,23H,5,10H2,1-4H3,(H2,19,21);1H/t14-;/m1./s1. The number of imidazole rings is 1. The molecular formula is C18H25ClN4O2. The lowest BCUT2D eigenvalue weighted by atomic mass is 9.98. The van der Waals surface area contributed by atoms with Crippen LogP contribution in [0, 0.1) is 6.92 Å². The Labute approximate surface area is 153 Å². The molecule has 0 unspecified atom stereocenters. The number of anilines is 1. The first kappa shape index (κ1) is 19.4. The summed E-state index contributed by atoms with van der Waals surface area (Å²) >= 11 is 0. The Bertz CT molecular complexity index is 886. The van der Waals surface area contributed by atoms with Gasteiger partial charge in [-0.2, -0.15) is 0 Å². The number of aromatic nitrogens is 3. The number of hydrogen-bond acceptors (Lipinski definition) is 5. The fourth-order valence-corrected chi connectivity index (χ4v) is 3.14. The lowest BCUT2D eigenvalue weighted by Gasteiger charge is -2.32. The molecule has 0 aliphatic heterocycles. The van der Waals surface area contributed by atoms with Crippen LogP contribution in [0.3, 0.4) is 0 Å². The van der Waals surface area contributed by atoms with Crippen LogP contribution in [0.5, 0.6) is 0 Å². The maximum absolute atomic E-state index is 10.7. The molecule has 6 nitrogen and oxygen atoms in total. The fourth-order valence-electron chi connectivity index (χ4n) is 3.14. The molecule has 0 amide bonds. The van der Waals surface area contributed by atoms with Gasteiger partial charge in [0.25, 0.3) is 0 Å². The summed E-state index contributed by atoms with van der Waals surface area (Å²) in [5, 5.41) is 11.7. The smallest absolute Gasteiger partial charge is 0.152 e. The predicted molar refractivity (Wildman–Crippen MR) is 103 cm³/mol. The molecule has 0 radical (unpaired) electrons. The minimum Gasteiger partial charge on any atom is -0.388 e. The van der Waals surface area contributed by atoms with Gasteiger partial charge < -0.3 is 20.1 Å². The SMILES string of the molecule is CCOC[C@@H](n1c(C)nc2c(N)nc3ccccc3c21)C(C)(C)O.Cl. The Kier molecular flexibility index (Phi) is 5.56. The summed E-state index contributed by atoms with van der Waals surface area (Å²) in [5.74, 6) is 1.18. The van der Waals surface area contributed by atoms with Crippen LogP contribution in [-0.2, 0) is 4.74 Å². The van der Waals surface area contributed by atoms with Gasteiger partial charge in [0, 0.05) is 12.0 Å². The number of rotatable bonds is 5. The zero-order valence-corrected chi connectivity index (χ0v) is 15.8. The van der Waals surface area contributed by atoms with Crippen LogP contribution in [-0.4, -0.2) is 38.5 Å². The summed E-state index contributed by atoms with van der Waals surface area (Å²) in [6, 6.07) is 7.55. The van der Waals surface area contributed by atoms with E-state index in [1.54, 1.807) is 13.8 Å². The molecule has 0 saturated heterocycles. The molecule has 0 fully saturated rings. The number of hydrogen-bond donors (Lipinski definition) is 2. The molecule has 0 aliphatic rings. The number of pyridine rings is 1. The summed E-state index contributed by atoms with van der Waals surface area (Å²) in [5.41, 5.74) is 7.52. The van der Waals surface area contributed by atoms with Crippen LogP contribution in [0.15, 0.2) is 24.3 Å². The highest BCUT2D eigenvalue weighted by Gasteiger charge is 2.32. The molecule has 0 aliphatic carbocycles. The van der Waals surface area contributed by atoms with Gasteiger partial charge in [-0.3, -0.25) is 0 Å². The second-order valence-electron chi connectivity index (χ2n) is 6.57. The summed E-state index contributed by atoms with van der Waals surface area (Å²) in [6.07, 6.45) is 0. The van der Waals surface area contributed by atoms with Crippen molar-refractivity contribution in [2.75, 3.05) is 18.9 Å². The zero-order chi connectivity index (χ0) is 17.5. The van der Waals surface area contributed by atoms with Crippen LogP contribution >= 0.6 is 12.4 Å². The van der Waals surface area contributed by atoms with Crippen LogP contribution in [0.4, 0.5) is 5.82 Å². The van der Waals surface area contributed by atoms with Gasteiger partial charge >= 0.3 is 0 Å². The average molecular weight is 365 g/mol. The quantitative estimate of drug-likeness (QED) is 0.725. The predicted octanol–water partition coefficient (Wildman–Crippen LogP) is 3.25. The Balaban J connectivity index is 0.00000225. The molecule has 3 N–H and O–H groups in total. The second kappa shape index (κ2) is 7.15. The molecule has 136 valence electrons. The van der Waals surface area contributed by atoms with E-state index in [1.807, 2.05) is 42.7 Å². The van der Waals surface area contributed by atoms with E-state index in [4.69, 9.17) is 10.5 Å². The summed E-state index contributed by atoms with van der Waals surface area (Å²) in [6.45, 7) is 8.41. The van der Waals surface area contributed by atoms with Crippen LogP contribution < -0.4 is 5.73 Å². The first-order valence-corrected chi connectivity index (χ1v) is 8.17. The van der Waals surface area contributed by atoms with Gasteiger partial charge in [0.1, 0.15) is 11.3 Å². The molecule has 2 heterocycles. The Morgan fingerprint density at radius 2 is 1.96 bits per heavy atom. The number of nitrogens with two attached hydrogens (primary N) is 1. The molecular weight excluding hydrogens is 340 g/mol. The fraction of sp³-hybridized carbons (Fsp3) is 0.444. The van der Waals surface area contributed by atoms with Crippen molar-refractivity contribution in [2.24, 2.45) is 0 Å². The highest BCUT2D eigenvalue weighted by molar-refractivity contribution is 6.06. The molecule has 3 rings (SSSR count). The van der Waals surface area contributed by atoms with E-state index in [2.05, 4.69) is 9.97 Å². The highest BCUT2D eigenvalue weighted by atomic mass is 35.5. The van der Waals surface area contributed by atoms with E-state index < -0.39 is 5.60 Å². The van der Waals surface area contributed by atoms with Crippen LogP contribution in [0.25, 0.3) is 21.9 Å². The topological polar surface area (TPSA) is 86.2 Å². The van der Waals surface area contributed by atoms with Crippen molar-refractivity contribution in [1.29, 1.82) is 0 Å². The van der Waals surface area contributed by atoms with Crippen molar-refractivity contribution in [1.82, 2.24) is 14.5 Å². The number of fused-ring (bicyclic) bond motifs is 3. The lowest BCUT2D eigenvalue weighted by Crippen LogP contribution is -2.37. The van der Waals surface area contributed by atoms with E-state index >= 15 is 0 Å².